The highest BCUT2D eigenvalue weighted by molar-refractivity contribution is 5.69. The fourth-order valence-corrected chi connectivity index (χ4v) is 1.12. The van der Waals surface area contributed by atoms with Gasteiger partial charge in [-0.25, -0.2) is 10.2 Å². The topological polar surface area (TPSA) is 59.9 Å². The van der Waals surface area contributed by atoms with Gasteiger partial charge in [0.1, 0.15) is 0 Å². The normalized spacial score (nSPS) is 23.0. The van der Waals surface area contributed by atoms with Gasteiger partial charge in [-0.3, -0.25) is 0 Å². The van der Waals surface area contributed by atoms with Gasteiger partial charge in [0.15, 0.2) is 0 Å². The van der Waals surface area contributed by atoms with Crippen LogP contribution in [0.1, 0.15) is 12.8 Å². The summed E-state index contributed by atoms with van der Waals surface area (Å²) < 4.78 is 9.58. The summed E-state index contributed by atoms with van der Waals surface area (Å²) in [7, 11) is 1.30. The summed E-state index contributed by atoms with van der Waals surface area (Å²) >= 11 is 0. The molecule has 5 heteroatoms. The lowest BCUT2D eigenvalue weighted by molar-refractivity contribution is 0.0781. The first kappa shape index (κ1) is 9.98. The number of carbonyl (C=O) groups is 1. The smallest absolute Gasteiger partial charge is 0.427 e. The van der Waals surface area contributed by atoms with E-state index in [0.717, 1.165) is 19.4 Å². The largest absolute Gasteiger partial charge is 0.452 e. The summed E-state index contributed by atoms with van der Waals surface area (Å²) in [4.78, 5) is 10.6. The first-order valence-corrected chi connectivity index (χ1v) is 4.28. The van der Waals surface area contributed by atoms with Crippen molar-refractivity contribution in [3.63, 3.8) is 0 Å². The SMILES string of the molecule is COC(=O)N/N=C/C1CCCOC1. The highest BCUT2D eigenvalue weighted by Crippen LogP contribution is 2.10. The molecule has 1 fully saturated rings. The minimum atomic E-state index is -0.548. The number of nitrogens with zero attached hydrogens (tertiary/aromatic N) is 1. The molecule has 1 aliphatic heterocycles. The van der Waals surface area contributed by atoms with Crippen LogP contribution in [-0.2, 0) is 9.47 Å². The Hall–Kier alpha value is -1.10. The van der Waals surface area contributed by atoms with E-state index in [2.05, 4.69) is 15.3 Å². The number of nitrogens with one attached hydrogen (secondary N) is 1. The first-order chi connectivity index (χ1) is 6.33. The second kappa shape index (κ2) is 5.53. The fraction of sp³-hybridized carbons (Fsp3) is 0.750. The molecule has 1 aliphatic rings. The van der Waals surface area contributed by atoms with Crippen LogP contribution in [0.3, 0.4) is 0 Å². The van der Waals surface area contributed by atoms with E-state index in [4.69, 9.17) is 4.74 Å². The molecule has 1 atom stereocenters. The van der Waals surface area contributed by atoms with Crippen LogP contribution in [0, 0.1) is 5.92 Å². The van der Waals surface area contributed by atoms with Gasteiger partial charge in [-0.15, -0.1) is 0 Å². The highest BCUT2D eigenvalue weighted by Gasteiger charge is 2.10. The molecule has 1 saturated heterocycles. The Labute approximate surface area is 77.1 Å². The zero-order chi connectivity index (χ0) is 9.52. The van der Waals surface area contributed by atoms with E-state index < -0.39 is 6.09 Å². The maximum atomic E-state index is 10.6. The lowest BCUT2D eigenvalue weighted by Gasteiger charge is -2.17. The Kier molecular flexibility index (Phi) is 4.25. The predicted molar refractivity (Wildman–Crippen MR) is 47.6 cm³/mol. The van der Waals surface area contributed by atoms with Crippen molar-refractivity contribution in [2.75, 3.05) is 20.3 Å². The van der Waals surface area contributed by atoms with Crippen LogP contribution in [0.5, 0.6) is 0 Å². The average Bonchev–Trinajstić information content (AvgIpc) is 2.19. The summed E-state index contributed by atoms with van der Waals surface area (Å²) in [5.74, 6) is 0.311. The maximum Gasteiger partial charge on any atom is 0.427 e. The Morgan fingerprint density at radius 3 is 3.23 bits per heavy atom. The number of hydrazone groups is 1. The van der Waals surface area contributed by atoms with Crippen molar-refractivity contribution < 1.29 is 14.3 Å². The molecule has 0 spiro atoms. The predicted octanol–water partition coefficient (Wildman–Crippen LogP) is 0.755. The number of hydrogen-bond acceptors (Lipinski definition) is 4. The number of rotatable bonds is 2. The van der Waals surface area contributed by atoms with Gasteiger partial charge in [0.2, 0.25) is 0 Å². The number of carbonyl (C=O) groups excluding carboxylic acids is 1. The average molecular weight is 186 g/mol. The van der Waals surface area contributed by atoms with Crippen molar-refractivity contribution >= 4 is 12.3 Å². The lowest BCUT2D eigenvalue weighted by atomic mass is 10.0. The highest BCUT2D eigenvalue weighted by atomic mass is 16.5. The van der Waals surface area contributed by atoms with Gasteiger partial charge >= 0.3 is 6.09 Å². The van der Waals surface area contributed by atoms with Crippen LogP contribution >= 0.6 is 0 Å². The third-order valence-corrected chi connectivity index (χ3v) is 1.82. The zero-order valence-corrected chi connectivity index (χ0v) is 7.66. The molecule has 1 unspecified atom stereocenters. The molecule has 1 heterocycles. The molecule has 1 amide bonds. The third-order valence-electron chi connectivity index (χ3n) is 1.82. The zero-order valence-electron chi connectivity index (χ0n) is 7.66. The first-order valence-electron chi connectivity index (χ1n) is 4.28. The molecule has 1 N–H and O–H groups in total. The maximum absolute atomic E-state index is 10.6. The molecule has 0 radical (unpaired) electrons. The number of amides is 1. The molecular formula is C8H14N2O3. The van der Waals surface area contributed by atoms with Crippen LogP contribution in [0.25, 0.3) is 0 Å². The summed E-state index contributed by atoms with van der Waals surface area (Å²) in [6, 6.07) is 0. The molecule has 1 rings (SSSR count). The minimum Gasteiger partial charge on any atom is -0.452 e. The second-order valence-corrected chi connectivity index (χ2v) is 2.86. The van der Waals surface area contributed by atoms with Gasteiger partial charge in [-0.2, -0.15) is 5.10 Å². The molecule has 13 heavy (non-hydrogen) atoms. The van der Waals surface area contributed by atoms with E-state index in [1.54, 1.807) is 6.21 Å². The summed E-state index contributed by atoms with van der Waals surface area (Å²) in [5, 5.41) is 3.74. The summed E-state index contributed by atoms with van der Waals surface area (Å²) in [6.07, 6.45) is 3.25. The molecule has 0 bridgehead atoms. The van der Waals surface area contributed by atoms with Gasteiger partial charge < -0.3 is 9.47 Å². The Bertz CT molecular complexity index is 188. The van der Waals surface area contributed by atoms with E-state index in [-0.39, 0.29) is 0 Å². The number of hydrogen-bond donors (Lipinski definition) is 1. The Balaban J connectivity index is 2.18. The van der Waals surface area contributed by atoms with Crippen molar-refractivity contribution in [2.24, 2.45) is 11.0 Å². The second-order valence-electron chi connectivity index (χ2n) is 2.86. The van der Waals surface area contributed by atoms with E-state index in [9.17, 15) is 4.79 Å². The fourth-order valence-electron chi connectivity index (χ4n) is 1.12. The van der Waals surface area contributed by atoms with Crippen molar-refractivity contribution in [3.8, 4) is 0 Å². The summed E-state index contributed by atoms with van der Waals surface area (Å²) in [6.45, 7) is 1.52. The van der Waals surface area contributed by atoms with Gasteiger partial charge in [0, 0.05) is 18.7 Å². The van der Waals surface area contributed by atoms with Crippen molar-refractivity contribution in [3.05, 3.63) is 0 Å². The molecule has 0 aromatic heterocycles. The quantitative estimate of drug-likeness (QED) is 0.511. The van der Waals surface area contributed by atoms with Crippen molar-refractivity contribution in [1.29, 1.82) is 0 Å². The van der Waals surface area contributed by atoms with E-state index >= 15 is 0 Å². The van der Waals surface area contributed by atoms with Crippen LogP contribution in [-0.4, -0.2) is 32.6 Å². The number of methoxy groups -OCH3 is 1. The van der Waals surface area contributed by atoms with Crippen LogP contribution in [0.15, 0.2) is 5.10 Å². The van der Waals surface area contributed by atoms with Crippen LogP contribution in [0.2, 0.25) is 0 Å². The van der Waals surface area contributed by atoms with Gasteiger partial charge in [-0.05, 0) is 12.8 Å². The van der Waals surface area contributed by atoms with Gasteiger partial charge in [-0.1, -0.05) is 0 Å². The Morgan fingerprint density at radius 2 is 2.62 bits per heavy atom. The molecular weight excluding hydrogens is 172 g/mol. The molecule has 0 aromatic carbocycles. The lowest BCUT2D eigenvalue weighted by Crippen LogP contribution is -2.22. The van der Waals surface area contributed by atoms with E-state index in [1.165, 1.54) is 7.11 Å². The van der Waals surface area contributed by atoms with Crippen LogP contribution < -0.4 is 5.43 Å². The van der Waals surface area contributed by atoms with E-state index in [0.29, 0.717) is 12.5 Å². The third kappa shape index (κ3) is 3.89. The molecule has 0 aliphatic carbocycles. The molecule has 0 aromatic rings. The van der Waals surface area contributed by atoms with Gasteiger partial charge in [0.25, 0.3) is 0 Å². The monoisotopic (exact) mass is 186 g/mol. The van der Waals surface area contributed by atoms with Crippen molar-refractivity contribution in [2.45, 2.75) is 12.8 Å². The summed E-state index contributed by atoms with van der Waals surface area (Å²) in [5.41, 5.74) is 2.23. The van der Waals surface area contributed by atoms with Gasteiger partial charge in [0.05, 0.1) is 13.7 Å². The van der Waals surface area contributed by atoms with Crippen molar-refractivity contribution in [1.82, 2.24) is 5.43 Å². The van der Waals surface area contributed by atoms with Crippen LogP contribution in [0.4, 0.5) is 4.79 Å². The molecule has 74 valence electrons. The number of ether oxygens (including phenoxy) is 2. The van der Waals surface area contributed by atoms with E-state index in [1.807, 2.05) is 0 Å². The Morgan fingerprint density at radius 1 is 1.77 bits per heavy atom. The molecule has 0 saturated carbocycles. The minimum absolute atomic E-state index is 0.311. The standard InChI is InChI=1S/C8H14N2O3/c1-12-8(11)10-9-5-7-3-2-4-13-6-7/h5,7H,2-4,6H2,1H3,(H,10,11)/b9-5+. The molecule has 5 nitrogen and oxygen atoms in total.